The van der Waals surface area contributed by atoms with Crippen LogP contribution in [0.15, 0.2) is 30.3 Å². The summed E-state index contributed by atoms with van der Waals surface area (Å²) in [4.78, 5) is 19.4. The Morgan fingerprint density at radius 1 is 1.27 bits per heavy atom. The zero-order chi connectivity index (χ0) is 18.6. The van der Waals surface area contributed by atoms with Crippen molar-refractivity contribution < 1.29 is 14.4 Å². The molecule has 0 atom stereocenters. The number of non-ortho nitro benzene ring substituents is 1. The lowest BCUT2D eigenvalue weighted by Crippen LogP contribution is -2.44. The van der Waals surface area contributed by atoms with E-state index in [1.165, 1.54) is 12.1 Å². The van der Waals surface area contributed by atoms with Gasteiger partial charge in [-0.15, -0.1) is 0 Å². The summed E-state index contributed by atoms with van der Waals surface area (Å²) < 4.78 is 11.2. The molecule has 0 saturated carbocycles. The number of aryl methyl sites for hydroxylation is 1. The highest BCUT2D eigenvalue weighted by molar-refractivity contribution is 5.59. The van der Waals surface area contributed by atoms with Crippen LogP contribution in [0.4, 0.5) is 11.5 Å². The topological polar surface area (TPSA) is 99.4 Å². The first-order valence-electron chi connectivity index (χ1n) is 8.49. The van der Waals surface area contributed by atoms with Crippen molar-refractivity contribution >= 4 is 11.5 Å². The van der Waals surface area contributed by atoms with Gasteiger partial charge >= 0.3 is 0 Å². The zero-order valence-electron chi connectivity index (χ0n) is 14.9. The molecule has 2 heterocycles. The highest BCUT2D eigenvalue weighted by Crippen LogP contribution is 2.26. The van der Waals surface area contributed by atoms with Gasteiger partial charge in [0.25, 0.3) is 5.69 Å². The summed E-state index contributed by atoms with van der Waals surface area (Å²) >= 11 is 0. The lowest BCUT2D eigenvalue weighted by atomic mass is 9.94. The van der Waals surface area contributed by atoms with E-state index in [1.807, 2.05) is 13.0 Å². The molecular weight excluding hydrogens is 336 g/mol. The summed E-state index contributed by atoms with van der Waals surface area (Å²) in [5.41, 5.74) is 1.33. The van der Waals surface area contributed by atoms with E-state index in [0.717, 1.165) is 24.1 Å². The van der Waals surface area contributed by atoms with Crippen LogP contribution in [0.5, 0.6) is 0 Å². The Hall–Kier alpha value is -2.58. The minimum Gasteiger partial charge on any atom is -0.381 e. The summed E-state index contributed by atoms with van der Waals surface area (Å²) in [6.45, 7) is 3.89. The Morgan fingerprint density at radius 2 is 1.96 bits per heavy atom. The van der Waals surface area contributed by atoms with E-state index >= 15 is 0 Å². The number of benzene rings is 1. The average Bonchev–Trinajstić information content (AvgIpc) is 2.67. The van der Waals surface area contributed by atoms with Gasteiger partial charge in [-0.1, -0.05) is 0 Å². The predicted molar refractivity (Wildman–Crippen MR) is 97.1 cm³/mol. The van der Waals surface area contributed by atoms with Crippen molar-refractivity contribution in [1.29, 1.82) is 0 Å². The van der Waals surface area contributed by atoms with Gasteiger partial charge < -0.3 is 14.8 Å². The van der Waals surface area contributed by atoms with Gasteiger partial charge in [0.15, 0.2) is 5.82 Å². The molecule has 2 aromatic rings. The monoisotopic (exact) mass is 358 g/mol. The second kappa shape index (κ2) is 7.76. The van der Waals surface area contributed by atoms with Crippen molar-refractivity contribution in [1.82, 2.24) is 9.97 Å². The maximum atomic E-state index is 10.8. The number of hydrogen-bond donors (Lipinski definition) is 1. The van der Waals surface area contributed by atoms with Crippen LogP contribution in [0.2, 0.25) is 0 Å². The number of nitrogens with one attached hydrogen (secondary N) is 1. The highest BCUT2D eigenvalue weighted by Gasteiger charge is 2.32. The third-order valence-corrected chi connectivity index (χ3v) is 4.62. The van der Waals surface area contributed by atoms with Crippen molar-refractivity contribution in [2.24, 2.45) is 0 Å². The smallest absolute Gasteiger partial charge is 0.269 e. The van der Waals surface area contributed by atoms with Gasteiger partial charge in [0.2, 0.25) is 0 Å². The van der Waals surface area contributed by atoms with E-state index in [4.69, 9.17) is 9.47 Å². The molecule has 0 unspecified atom stereocenters. The summed E-state index contributed by atoms with van der Waals surface area (Å²) in [5, 5.41) is 14.1. The van der Waals surface area contributed by atoms with Crippen molar-refractivity contribution in [2.45, 2.75) is 25.4 Å². The molecule has 26 heavy (non-hydrogen) atoms. The summed E-state index contributed by atoms with van der Waals surface area (Å²) in [7, 11) is 1.72. The van der Waals surface area contributed by atoms with Crippen LogP contribution in [-0.2, 0) is 9.47 Å². The minimum absolute atomic E-state index is 0.0429. The molecule has 0 spiro atoms. The Kier molecular flexibility index (Phi) is 5.43. The molecule has 3 rings (SSSR count). The number of rotatable bonds is 6. The van der Waals surface area contributed by atoms with E-state index in [-0.39, 0.29) is 11.3 Å². The SMILES string of the molecule is COC1(CNc2cc(C)nc(-c3ccc([N+](=O)[O-])cc3)n2)CCOCC1. The number of ether oxygens (including phenoxy) is 2. The van der Waals surface area contributed by atoms with Gasteiger partial charge in [0.05, 0.1) is 10.5 Å². The molecule has 8 heteroatoms. The number of nitrogens with zero attached hydrogens (tertiary/aromatic N) is 3. The Bertz CT molecular complexity index is 773. The molecule has 0 bridgehead atoms. The standard InChI is InChI=1S/C18H22N4O4/c1-13-11-16(19-12-18(25-2)7-9-26-10-8-18)21-17(20-13)14-3-5-15(6-4-14)22(23)24/h3-6,11H,7-10,12H2,1-2H3,(H,19,20,21). The van der Waals surface area contributed by atoms with Crippen molar-refractivity contribution in [3.63, 3.8) is 0 Å². The fraction of sp³-hybridized carbons (Fsp3) is 0.444. The molecular formula is C18H22N4O4. The number of hydrogen-bond acceptors (Lipinski definition) is 7. The maximum absolute atomic E-state index is 10.8. The normalized spacial score (nSPS) is 16.2. The van der Waals surface area contributed by atoms with Crippen LogP contribution in [0.25, 0.3) is 11.4 Å². The number of anilines is 1. The first-order chi connectivity index (χ1) is 12.5. The zero-order valence-corrected chi connectivity index (χ0v) is 14.9. The van der Waals surface area contributed by atoms with Crippen molar-refractivity contribution in [2.75, 3.05) is 32.2 Å². The van der Waals surface area contributed by atoms with Crippen LogP contribution in [0.3, 0.4) is 0 Å². The molecule has 0 amide bonds. The molecule has 1 aliphatic heterocycles. The van der Waals surface area contributed by atoms with E-state index in [1.54, 1.807) is 19.2 Å². The number of methoxy groups -OCH3 is 1. The third kappa shape index (κ3) is 4.14. The van der Waals surface area contributed by atoms with E-state index in [2.05, 4.69) is 15.3 Å². The second-order valence-corrected chi connectivity index (χ2v) is 6.38. The largest absolute Gasteiger partial charge is 0.381 e. The number of aromatic nitrogens is 2. The molecule has 1 N–H and O–H groups in total. The third-order valence-electron chi connectivity index (χ3n) is 4.62. The minimum atomic E-state index is -0.425. The van der Waals surface area contributed by atoms with Crippen LogP contribution >= 0.6 is 0 Å². The Morgan fingerprint density at radius 3 is 2.58 bits per heavy atom. The molecule has 1 fully saturated rings. The van der Waals surface area contributed by atoms with Gasteiger partial charge in [-0.25, -0.2) is 9.97 Å². The fourth-order valence-corrected chi connectivity index (χ4v) is 2.97. The lowest BCUT2D eigenvalue weighted by Gasteiger charge is -2.36. The van der Waals surface area contributed by atoms with Gasteiger partial charge in [0, 0.05) is 69.2 Å². The van der Waals surface area contributed by atoms with Crippen LogP contribution in [0.1, 0.15) is 18.5 Å². The van der Waals surface area contributed by atoms with E-state index in [9.17, 15) is 10.1 Å². The molecule has 8 nitrogen and oxygen atoms in total. The second-order valence-electron chi connectivity index (χ2n) is 6.38. The van der Waals surface area contributed by atoms with Crippen LogP contribution < -0.4 is 5.32 Å². The average molecular weight is 358 g/mol. The van der Waals surface area contributed by atoms with Gasteiger partial charge in [-0.3, -0.25) is 10.1 Å². The molecule has 1 aliphatic rings. The Balaban J connectivity index is 1.78. The maximum Gasteiger partial charge on any atom is 0.269 e. The van der Waals surface area contributed by atoms with Gasteiger partial charge in [-0.2, -0.15) is 0 Å². The van der Waals surface area contributed by atoms with Crippen LogP contribution in [0, 0.1) is 17.0 Å². The fourth-order valence-electron chi connectivity index (χ4n) is 2.97. The molecule has 0 radical (unpaired) electrons. The van der Waals surface area contributed by atoms with E-state index < -0.39 is 4.92 Å². The molecule has 1 aromatic carbocycles. The quantitative estimate of drug-likeness (QED) is 0.626. The summed E-state index contributed by atoms with van der Waals surface area (Å²) in [6.07, 6.45) is 1.66. The molecule has 0 aliphatic carbocycles. The summed E-state index contributed by atoms with van der Waals surface area (Å²) in [5.74, 6) is 1.23. The molecule has 138 valence electrons. The van der Waals surface area contributed by atoms with Gasteiger partial charge in [0.1, 0.15) is 5.82 Å². The molecule has 1 saturated heterocycles. The van der Waals surface area contributed by atoms with Crippen LogP contribution in [-0.4, -0.2) is 47.4 Å². The number of nitro groups is 1. The molecule has 1 aromatic heterocycles. The first kappa shape index (κ1) is 18.2. The van der Waals surface area contributed by atoms with Gasteiger partial charge in [-0.05, 0) is 19.1 Å². The van der Waals surface area contributed by atoms with Crippen molar-refractivity contribution in [3.05, 3.63) is 46.1 Å². The summed E-state index contributed by atoms with van der Waals surface area (Å²) in [6, 6.07) is 8.10. The first-order valence-corrected chi connectivity index (χ1v) is 8.49. The van der Waals surface area contributed by atoms with Crippen molar-refractivity contribution in [3.8, 4) is 11.4 Å². The van der Waals surface area contributed by atoms with E-state index in [0.29, 0.717) is 31.4 Å². The Labute approximate surface area is 151 Å². The predicted octanol–water partition coefficient (Wildman–Crippen LogP) is 2.97. The number of nitro benzene ring substituents is 1. The highest BCUT2D eigenvalue weighted by atomic mass is 16.6. The lowest BCUT2D eigenvalue weighted by molar-refractivity contribution is -0.384.